The van der Waals surface area contributed by atoms with E-state index >= 15 is 0 Å². The first kappa shape index (κ1) is 10.5. The van der Waals surface area contributed by atoms with Crippen LogP contribution >= 0.6 is 0 Å². The molecule has 0 aliphatic heterocycles. The third-order valence-corrected chi connectivity index (χ3v) is 3.62. The summed E-state index contributed by atoms with van der Waals surface area (Å²) in [6.07, 6.45) is 5.87. The molecular formula is C13H18FN. The fourth-order valence-electron chi connectivity index (χ4n) is 2.93. The molecular weight excluding hydrogens is 189 g/mol. The third kappa shape index (κ3) is 1.27. The summed E-state index contributed by atoms with van der Waals surface area (Å²) in [5.74, 6) is 0.0687. The molecule has 82 valence electrons. The number of hydrogen-bond acceptors (Lipinski definition) is 1. The van der Waals surface area contributed by atoms with Crippen molar-refractivity contribution in [2.45, 2.75) is 46.0 Å². The van der Waals surface area contributed by atoms with Crippen molar-refractivity contribution in [1.82, 2.24) is 0 Å². The minimum absolute atomic E-state index is 0. The third-order valence-electron chi connectivity index (χ3n) is 3.62. The van der Waals surface area contributed by atoms with Gasteiger partial charge in [0.2, 0.25) is 0 Å². The second-order valence-electron chi connectivity index (χ2n) is 4.35. The summed E-state index contributed by atoms with van der Waals surface area (Å²) in [4.78, 5) is 0. The monoisotopic (exact) mass is 207 g/mol. The Kier molecular flexibility index (Phi) is 2.45. The molecule has 15 heavy (non-hydrogen) atoms. The first-order valence-corrected chi connectivity index (χ1v) is 5.39. The van der Waals surface area contributed by atoms with Crippen LogP contribution in [0.2, 0.25) is 0 Å². The predicted molar refractivity (Wildman–Crippen MR) is 61.6 cm³/mol. The molecule has 2 aliphatic rings. The van der Waals surface area contributed by atoms with Crippen molar-refractivity contribution in [3.8, 4) is 0 Å². The van der Waals surface area contributed by atoms with Gasteiger partial charge in [-0.15, -0.1) is 0 Å². The highest BCUT2D eigenvalue weighted by Crippen LogP contribution is 2.39. The molecule has 0 unspecified atom stereocenters. The zero-order chi connectivity index (χ0) is 9.71. The first-order valence-electron chi connectivity index (χ1n) is 5.39. The molecule has 0 heterocycles. The summed E-state index contributed by atoms with van der Waals surface area (Å²) in [6.45, 7) is 0. The fourth-order valence-corrected chi connectivity index (χ4v) is 2.93. The highest BCUT2D eigenvalue weighted by atomic mass is 19.1. The van der Waals surface area contributed by atoms with Crippen molar-refractivity contribution in [3.05, 3.63) is 28.1 Å². The van der Waals surface area contributed by atoms with E-state index in [2.05, 4.69) is 0 Å². The Balaban J connectivity index is 0.000000853. The highest BCUT2D eigenvalue weighted by Gasteiger charge is 2.27. The van der Waals surface area contributed by atoms with Gasteiger partial charge in [-0.2, -0.15) is 0 Å². The maximum absolute atomic E-state index is 14.0. The van der Waals surface area contributed by atoms with Crippen molar-refractivity contribution in [2.24, 2.45) is 0 Å². The van der Waals surface area contributed by atoms with Gasteiger partial charge < -0.3 is 5.73 Å². The fraction of sp³-hybridized carbons (Fsp3) is 0.538. The average Bonchev–Trinajstić information content (AvgIpc) is 2.82. The van der Waals surface area contributed by atoms with E-state index < -0.39 is 0 Å². The van der Waals surface area contributed by atoms with Crippen LogP contribution in [0.5, 0.6) is 0 Å². The predicted octanol–water partition coefficient (Wildman–Crippen LogP) is 3.02. The molecule has 0 saturated heterocycles. The zero-order valence-electron chi connectivity index (χ0n) is 8.20. The lowest BCUT2D eigenvalue weighted by molar-refractivity contribution is 0.598. The second-order valence-corrected chi connectivity index (χ2v) is 4.35. The molecule has 2 heteroatoms. The summed E-state index contributed by atoms with van der Waals surface area (Å²) in [5, 5.41) is 0. The number of fused-ring (bicyclic) bond motifs is 2. The van der Waals surface area contributed by atoms with Crippen molar-refractivity contribution in [1.29, 1.82) is 0 Å². The number of rotatable bonds is 0. The standard InChI is InChI=1S/C12H14FN.CH4/c13-11-7-3-1-5-9(7)12(14)10-6-2-4-8(10)11;/h1-6,14H2;1H4. The molecule has 0 amide bonds. The number of nitrogen functional groups attached to an aromatic ring is 1. The van der Waals surface area contributed by atoms with E-state index in [4.69, 9.17) is 5.73 Å². The Morgan fingerprint density at radius 3 is 1.67 bits per heavy atom. The van der Waals surface area contributed by atoms with Crippen LogP contribution in [0.3, 0.4) is 0 Å². The molecule has 0 radical (unpaired) electrons. The van der Waals surface area contributed by atoms with E-state index in [0.717, 1.165) is 66.5 Å². The largest absolute Gasteiger partial charge is 0.398 e. The van der Waals surface area contributed by atoms with Crippen LogP contribution in [-0.4, -0.2) is 0 Å². The summed E-state index contributed by atoms with van der Waals surface area (Å²) in [5.41, 5.74) is 11.1. The summed E-state index contributed by atoms with van der Waals surface area (Å²) >= 11 is 0. The van der Waals surface area contributed by atoms with Crippen molar-refractivity contribution >= 4 is 5.69 Å². The van der Waals surface area contributed by atoms with Crippen molar-refractivity contribution in [3.63, 3.8) is 0 Å². The molecule has 1 aromatic carbocycles. The van der Waals surface area contributed by atoms with Crippen LogP contribution in [0.4, 0.5) is 10.1 Å². The molecule has 2 N–H and O–H groups in total. The van der Waals surface area contributed by atoms with Gasteiger partial charge in [-0.1, -0.05) is 7.43 Å². The van der Waals surface area contributed by atoms with Gasteiger partial charge in [-0.05, 0) is 60.8 Å². The topological polar surface area (TPSA) is 26.0 Å². The van der Waals surface area contributed by atoms with Crippen LogP contribution in [-0.2, 0) is 25.7 Å². The van der Waals surface area contributed by atoms with E-state index in [0.29, 0.717) is 0 Å². The van der Waals surface area contributed by atoms with Gasteiger partial charge in [0.25, 0.3) is 0 Å². The molecule has 1 aromatic rings. The van der Waals surface area contributed by atoms with E-state index in [9.17, 15) is 4.39 Å². The van der Waals surface area contributed by atoms with Gasteiger partial charge in [-0.3, -0.25) is 0 Å². The van der Waals surface area contributed by atoms with Crippen LogP contribution in [0.1, 0.15) is 42.5 Å². The van der Waals surface area contributed by atoms with Gasteiger partial charge in [0.05, 0.1) is 0 Å². The minimum Gasteiger partial charge on any atom is -0.398 e. The first-order chi connectivity index (χ1) is 6.79. The van der Waals surface area contributed by atoms with Crippen molar-refractivity contribution < 1.29 is 4.39 Å². The quantitative estimate of drug-likeness (QED) is 0.650. The molecule has 3 rings (SSSR count). The molecule has 1 nitrogen and oxygen atoms in total. The van der Waals surface area contributed by atoms with E-state index in [1.165, 1.54) is 0 Å². The van der Waals surface area contributed by atoms with Gasteiger partial charge in [-0.25, -0.2) is 4.39 Å². The molecule has 0 aromatic heterocycles. The van der Waals surface area contributed by atoms with E-state index in [-0.39, 0.29) is 13.2 Å². The number of hydrogen-bond donors (Lipinski definition) is 1. The Morgan fingerprint density at radius 1 is 0.800 bits per heavy atom. The Bertz CT molecular complexity index is 337. The lowest BCUT2D eigenvalue weighted by Gasteiger charge is -2.12. The van der Waals surface area contributed by atoms with Gasteiger partial charge >= 0.3 is 0 Å². The maximum Gasteiger partial charge on any atom is 0.130 e. The number of halogens is 1. The normalized spacial score (nSPS) is 17.1. The van der Waals surface area contributed by atoms with Crippen molar-refractivity contribution in [2.75, 3.05) is 5.73 Å². The summed E-state index contributed by atoms with van der Waals surface area (Å²) in [6, 6.07) is 0. The van der Waals surface area contributed by atoms with Crippen LogP contribution in [0.15, 0.2) is 0 Å². The number of anilines is 1. The van der Waals surface area contributed by atoms with E-state index in [1.54, 1.807) is 0 Å². The van der Waals surface area contributed by atoms with Crippen LogP contribution < -0.4 is 5.73 Å². The lowest BCUT2D eigenvalue weighted by atomic mass is 9.98. The van der Waals surface area contributed by atoms with Gasteiger partial charge in [0, 0.05) is 5.69 Å². The second kappa shape index (κ2) is 3.51. The Morgan fingerprint density at radius 2 is 1.20 bits per heavy atom. The molecule has 0 bridgehead atoms. The van der Waals surface area contributed by atoms with Gasteiger partial charge in [0.1, 0.15) is 5.82 Å². The minimum atomic E-state index is 0. The molecule has 0 saturated carbocycles. The molecule has 0 spiro atoms. The Labute approximate surface area is 90.5 Å². The highest BCUT2D eigenvalue weighted by molar-refractivity contribution is 5.63. The van der Waals surface area contributed by atoms with E-state index in [1.807, 2.05) is 0 Å². The lowest BCUT2D eigenvalue weighted by Crippen LogP contribution is -2.04. The summed E-state index contributed by atoms with van der Waals surface area (Å²) < 4.78 is 14.0. The zero-order valence-corrected chi connectivity index (χ0v) is 8.20. The molecule has 0 atom stereocenters. The van der Waals surface area contributed by atoms with Crippen LogP contribution in [0.25, 0.3) is 0 Å². The molecule has 0 fully saturated rings. The number of benzene rings is 1. The average molecular weight is 207 g/mol. The Hall–Kier alpha value is -1.05. The maximum atomic E-state index is 14.0. The summed E-state index contributed by atoms with van der Waals surface area (Å²) in [7, 11) is 0. The van der Waals surface area contributed by atoms with Crippen LogP contribution in [0, 0.1) is 5.82 Å². The molecule has 2 aliphatic carbocycles. The SMILES string of the molecule is C.Nc1c2c(c(F)c3c1CCC3)CCC2. The number of nitrogens with two attached hydrogens (primary N) is 1. The smallest absolute Gasteiger partial charge is 0.130 e. The van der Waals surface area contributed by atoms with Gasteiger partial charge in [0.15, 0.2) is 0 Å².